The molecule has 1 aromatic carbocycles. The lowest BCUT2D eigenvalue weighted by atomic mass is 10.2. The first-order chi connectivity index (χ1) is 11.3. The smallest absolute Gasteiger partial charge is 0.329 e. The number of nitrogens with one attached hydrogen (secondary N) is 1. The van der Waals surface area contributed by atoms with Gasteiger partial charge in [0.1, 0.15) is 11.5 Å². The number of nitrogens with zero attached hydrogens (tertiary/aromatic N) is 3. The molecule has 23 heavy (non-hydrogen) atoms. The fraction of sp³-hybridized carbons (Fsp3) is 0.0667. The van der Waals surface area contributed by atoms with Gasteiger partial charge in [-0.05, 0) is 36.4 Å². The average Bonchev–Trinajstić information content (AvgIpc) is 3.26. The van der Waals surface area contributed by atoms with Crippen molar-refractivity contribution in [1.82, 2.24) is 15.6 Å². The predicted octanol–water partition coefficient (Wildman–Crippen LogP) is 2.10. The Balaban J connectivity index is 1.67. The normalized spacial score (nSPS) is 10.8. The number of hydrogen-bond acceptors (Lipinski definition) is 7. The molecule has 0 aliphatic carbocycles. The third-order valence-electron chi connectivity index (χ3n) is 2.87. The molecule has 0 aliphatic heterocycles. The molecule has 0 fully saturated rings. The first-order valence-electron chi connectivity index (χ1n) is 6.61. The quantitative estimate of drug-likeness (QED) is 0.571. The van der Waals surface area contributed by atoms with Gasteiger partial charge in [-0.3, -0.25) is 4.79 Å². The Kier molecular flexibility index (Phi) is 4.14. The second kappa shape index (κ2) is 6.56. The molecule has 0 bridgehead atoms. The van der Waals surface area contributed by atoms with Crippen LogP contribution in [0.15, 0.2) is 56.7 Å². The summed E-state index contributed by atoms with van der Waals surface area (Å²) in [6, 6.07) is 10.5. The fourth-order valence-corrected chi connectivity index (χ4v) is 1.74. The first kappa shape index (κ1) is 14.5. The number of methoxy groups -OCH3 is 1. The number of furan rings is 1. The number of amides is 1. The van der Waals surface area contributed by atoms with Crippen LogP contribution >= 0.6 is 0 Å². The van der Waals surface area contributed by atoms with Gasteiger partial charge in [0.05, 0.1) is 19.6 Å². The number of ether oxygens (including phenoxy) is 1. The van der Waals surface area contributed by atoms with Crippen molar-refractivity contribution in [1.29, 1.82) is 0 Å². The molecule has 0 saturated carbocycles. The van der Waals surface area contributed by atoms with E-state index in [1.54, 1.807) is 43.5 Å². The summed E-state index contributed by atoms with van der Waals surface area (Å²) < 4.78 is 15.0. The Hall–Kier alpha value is -3.42. The second-order valence-corrected chi connectivity index (χ2v) is 4.37. The molecular formula is C15H12N4O4. The van der Waals surface area contributed by atoms with Crippen molar-refractivity contribution in [3.8, 4) is 17.1 Å². The summed E-state index contributed by atoms with van der Waals surface area (Å²) in [5, 5.41) is 7.50. The fourth-order valence-electron chi connectivity index (χ4n) is 1.74. The molecule has 2 heterocycles. The van der Waals surface area contributed by atoms with Gasteiger partial charge in [0.2, 0.25) is 5.82 Å². The van der Waals surface area contributed by atoms with Crippen molar-refractivity contribution < 1.29 is 18.5 Å². The summed E-state index contributed by atoms with van der Waals surface area (Å²) in [6.07, 6.45) is 2.86. The highest BCUT2D eigenvalue weighted by Crippen LogP contribution is 2.19. The molecule has 8 heteroatoms. The number of carbonyl (C=O) groups is 1. The van der Waals surface area contributed by atoms with Gasteiger partial charge in [0.15, 0.2) is 0 Å². The highest BCUT2D eigenvalue weighted by atomic mass is 16.5. The summed E-state index contributed by atoms with van der Waals surface area (Å²) in [7, 11) is 1.58. The largest absolute Gasteiger partial charge is 0.497 e. The maximum Gasteiger partial charge on any atom is 0.329 e. The van der Waals surface area contributed by atoms with Gasteiger partial charge in [-0.15, -0.1) is 0 Å². The van der Waals surface area contributed by atoms with E-state index in [1.165, 1.54) is 12.5 Å². The van der Waals surface area contributed by atoms with Crippen molar-refractivity contribution in [2.45, 2.75) is 0 Å². The van der Waals surface area contributed by atoms with E-state index in [9.17, 15) is 4.79 Å². The van der Waals surface area contributed by atoms with E-state index in [-0.39, 0.29) is 5.89 Å². The summed E-state index contributed by atoms with van der Waals surface area (Å²) in [6.45, 7) is 0. The monoisotopic (exact) mass is 312 g/mol. The molecule has 0 atom stereocenters. The van der Waals surface area contributed by atoms with Gasteiger partial charge in [-0.2, -0.15) is 10.1 Å². The molecule has 3 rings (SSSR count). The number of rotatable bonds is 5. The highest BCUT2D eigenvalue weighted by molar-refractivity contribution is 5.90. The number of benzene rings is 1. The zero-order chi connectivity index (χ0) is 16.1. The van der Waals surface area contributed by atoms with Crippen LogP contribution in [-0.4, -0.2) is 29.4 Å². The first-order valence-corrected chi connectivity index (χ1v) is 6.61. The molecule has 0 unspecified atom stereocenters. The van der Waals surface area contributed by atoms with Gasteiger partial charge in [-0.1, -0.05) is 5.16 Å². The van der Waals surface area contributed by atoms with E-state index in [0.717, 1.165) is 0 Å². The van der Waals surface area contributed by atoms with Crippen LogP contribution in [-0.2, 0) is 0 Å². The van der Waals surface area contributed by atoms with Crippen LogP contribution < -0.4 is 10.2 Å². The van der Waals surface area contributed by atoms with Crippen LogP contribution in [0, 0.1) is 0 Å². The van der Waals surface area contributed by atoms with Gasteiger partial charge in [0, 0.05) is 5.56 Å². The summed E-state index contributed by atoms with van der Waals surface area (Å²) in [5.74, 6) is 0.720. The lowest BCUT2D eigenvalue weighted by molar-refractivity contribution is 0.0911. The minimum absolute atomic E-state index is 0.188. The lowest BCUT2D eigenvalue weighted by Gasteiger charge is -1.98. The van der Waals surface area contributed by atoms with Crippen LogP contribution in [0.4, 0.5) is 0 Å². The minimum atomic E-state index is -0.611. The lowest BCUT2D eigenvalue weighted by Crippen LogP contribution is -2.17. The Morgan fingerprint density at radius 2 is 2.13 bits per heavy atom. The highest BCUT2D eigenvalue weighted by Gasteiger charge is 2.15. The molecule has 1 amide bonds. The van der Waals surface area contributed by atoms with Crippen molar-refractivity contribution in [3.05, 3.63) is 54.3 Å². The van der Waals surface area contributed by atoms with Crippen LogP contribution in [0.2, 0.25) is 0 Å². The van der Waals surface area contributed by atoms with Crippen LogP contribution in [0.5, 0.6) is 5.75 Å². The molecule has 2 aromatic heterocycles. The number of hydrazone groups is 1. The van der Waals surface area contributed by atoms with Crippen molar-refractivity contribution in [2.75, 3.05) is 7.11 Å². The third kappa shape index (κ3) is 3.43. The maximum absolute atomic E-state index is 11.8. The topological polar surface area (TPSA) is 103 Å². The Labute approximate surface area is 130 Å². The van der Waals surface area contributed by atoms with Crippen LogP contribution in [0.3, 0.4) is 0 Å². The second-order valence-electron chi connectivity index (χ2n) is 4.37. The summed E-state index contributed by atoms with van der Waals surface area (Å²) in [4.78, 5) is 15.9. The van der Waals surface area contributed by atoms with E-state index in [0.29, 0.717) is 22.9 Å². The van der Waals surface area contributed by atoms with Crippen molar-refractivity contribution >= 4 is 12.1 Å². The molecule has 0 radical (unpaired) electrons. The van der Waals surface area contributed by atoms with Gasteiger partial charge in [0.25, 0.3) is 0 Å². The number of carbonyl (C=O) groups excluding carboxylic acids is 1. The maximum atomic E-state index is 11.8. The van der Waals surface area contributed by atoms with Crippen LogP contribution in [0.1, 0.15) is 16.4 Å². The summed E-state index contributed by atoms with van der Waals surface area (Å²) >= 11 is 0. The van der Waals surface area contributed by atoms with E-state index >= 15 is 0 Å². The predicted molar refractivity (Wildman–Crippen MR) is 80.1 cm³/mol. The molecule has 3 aromatic rings. The SMILES string of the molecule is COc1ccc(-c2noc(C(=O)N/N=C/c3ccco3)n2)cc1. The number of hydrogen-bond donors (Lipinski definition) is 1. The summed E-state index contributed by atoms with van der Waals surface area (Å²) in [5.41, 5.74) is 2.98. The van der Waals surface area contributed by atoms with E-state index in [1.807, 2.05) is 0 Å². The van der Waals surface area contributed by atoms with Gasteiger partial charge in [-0.25, -0.2) is 5.43 Å². The standard InChI is InChI=1S/C15H12N4O4/c1-21-11-6-4-10(5-7-11)13-17-15(23-19-13)14(20)18-16-9-12-3-2-8-22-12/h2-9H,1H3,(H,18,20)/b16-9+. The zero-order valence-corrected chi connectivity index (χ0v) is 12.1. The molecule has 8 nitrogen and oxygen atoms in total. The van der Waals surface area contributed by atoms with Gasteiger partial charge < -0.3 is 13.7 Å². The minimum Gasteiger partial charge on any atom is -0.497 e. The molecule has 1 N–H and O–H groups in total. The Morgan fingerprint density at radius 3 is 2.83 bits per heavy atom. The third-order valence-corrected chi connectivity index (χ3v) is 2.87. The van der Waals surface area contributed by atoms with E-state index < -0.39 is 5.91 Å². The van der Waals surface area contributed by atoms with E-state index in [2.05, 4.69) is 20.7 Å². The molecule has 116 valence electrons. The van der Waals surface area contributed by atoms with E-state index in [4.69, 9.17) is 13.7 Å². The van der Waals surface area contributed by atoms with Gasteiger partial charge >= 0.3 is 11.8 Å². The van der Waals surface area contributed by atoms with Crippen LogP contribution in [0.25, 0.3) is 11.4 Å². The molecule has 0 spiro atoms. The van der Waals surface area contributed by atoms with Crippen molar-refractivity contribution in [3.63, 3.8) is 0 Å². The molecular weight excluding hydrogens is 300 g/mol. The van der Waals surface area contributed by atoms with Crippen molar-refractivity contribution in [2.24, 2.45) is 5.10 Å². The Morgan fingerprint density at radius 1 is 1.30 bits per heavy atom. The average molecular weight is 312 g/mol. The number of aromatic nitrogens is 2. The zero-order valence-electron chi connectivity index (χ0n) is 12.1. The Bertz CT molecular complexity index is 806. The molecule has 0 aliphatic rings. The molecule has 0 saturated heterocycles.